The van der Waals surface area contributed by atoms with Crippen molar-refractivity contribution in [3.05, 3.63) is 0 Å². The second kappa shape index (κ2) is 15.2. The van der Waals surface area contributed by atoms with E-state index in [9.17, 15) is 0 Å². The zero-order chi connectivity index (χ0) is 27.6. The number of hydroxylamine groups is 6. The van der Waals surface area contributed by atoms with Gasteiger partial charge in [-0.1, -0.05) is 55.2 Å². The molecule has 0 aromatic rings. The van der Waals surface area contributed by atoms with Crippen LogP contribution in [0, 0.1) is 0 Å². The van der Waals surface area contributed by atoms with Crippen molar-refractivity contribution >= 4 is 0 Å². The maximum atomic E-state index is 6.39. The molecule has 1 aliphatic rings. The van der Waals surface area contributed by atoms with Gasteiger partial charge in [-0.05, 0) is 40.4 Å². The molecule has 0 aromatic heterocycles. The van der Waals surface area contributed by atoms with Crippen molar-refractivity contribution in [2.75, 3.05) is 83.4 Å². The second-order valence-corrected chi connectivity index (χ2v) is 9.09. The van der Waals surface area contributed by atoms with Crippen molar-refractivity contribution in [3.8, 4) is 0 Å². The standard InChI is InChI=1S/C24H54N6O6/c1-13-16-19-25(4)22(31-7)28(34-10)23(32-8,26(5)20-17-14-2)30(36-12)24(33-9,29(22)35-11)27(6)21-18-15-3/h13-21H2,1-12H3. The summed E-state index contributed by atoms with van der Waals surface area (Å²) in [6, 6.07) is 0. The Morgan fingerprint density at radius 2 is 0.694 bits per heavy atom. The summed E-state index contributed by atoms with van der Waals surface area (Å²) in [5, 5.41) is 4.88. The van der Waals surface area contributed by atoms with Crippen molar-refractivity contribution in [2.45, 2.75) is 77.2 Å². The first-order valence-corrected chi connectivity index (χ1v) is 13.0. The SMILES string of the molecule is CCCCN(C)C1(OC)N(OC)C(OC)(N(C)CCCC)N(OC)C(OC)(N(C)CCCC)N1OC. The lowest BCUT2D eigenvalue weighted by molar-refractivity contribution is -0.669. The molecule has 1 aliphatic heterocycles. The van der Waals surface area contributed by atoms with E-state index in [-0.39, 0.29) is 0 Å². The number of hydrogen-bond acceptors (Lipinski definition) is 12. The van der Waals surface area contributed by atoms with Crippen LogP contribution in [-0.2, 0) is 28.7 Å². The minimum absolute atomic E-state index is 0.688. The van der Waals surface area contributed by atoms with E-state index >= 15 is 0 Å². The summed E-state index contributed by atoms with van der Waals surface area (Å²) >= 11 is 0. The molecule has 36 heavy (non-hydrogen) atoms. The van der Waals surface area contributed by atoms with Gasteiger partial charge in [0.05, 0.1) is 21.3 Å². The molecule has 12 heteroatoms. The van der Waals surface area contributed by atoms with Gasteiger partial charge >= 0.3 is 0 Å². The molecule has 0 saturated carbocycles. The van der Waals surface area contributed by atoms with Gasteiger partial charge in [-0.25, -0.2) is 14.7 Å². The van der Waals surface area contributed by atoms with Gasteiger partial charge in [-0.3, -0.25) is 14.5 Å². The fraction of sp³-hybridized carbons (Fsp3) is 1.00. The second-order valence-electron chi connectivity index (χ2n) is 9.09. The highest BCUT2D eigenvalue weighted by molar-refractivity contribution is 4.96. The van der Waals surface area contributed by atoms with Crippen LogP contribution in [0.5, 0.6) is 0 Å². The topological polar surface area (TPSA) is 74.8 Å². The lowest BCUT2D eigenvalue weighted by atomic mass is 10.2. The quantitative estimate of drug-likeness (QED) is 0.248. The van der Waals surface area contributed by atoms with Gasteiger partial charge in [-0.2, -0.15) is 0 Å². The van der Waals surface area contributed by atoms with E-state index in [0.717, 1.165) is 38.5 Å². The first-order valence-electron chi connectivity index (χ1n) is 13.0. The normalized spacial score (nSPS) is 28.8. The van der Waals surface area contributed by atoms with Crippen LogP contribution in [0.4, 0.5) is 0 Å². The van der Waals surface area contributed by atoms with E-state index in [1.165, 1.54) is 0 Å². The van der Waals surface area contributed by atoms with E-state index < -0.39 is 17.9 Å². The molecule has 0 spiro atoms. The molecule has 0 aliphatic carbocycles. The molecule has 0 radical (unpaired) electrons. The first kappa shape index (κ1) is 33.5. The number of hydrogen-bond donors (Lipinski definition) is 0. The third-order valence-corrected chi connectivity index (χ3v) is 6.99. The molecular weight excluding hydrogens is 468 g/mol. The van der Waals surface area contributed by atoms with Gasteiger partial charge in [0.1, 0.15) is 0 Å². The fourth-order valence-electron chi connectivity index (χ4n) is 5.05. The predicted molar refractivity (Wildman–Crippen MR) is 138 cm³/mol. The van der Waals surface area contributed by atoms with Gasteiger partial charge < -0.3 is 14.2 Å². The van der Waals surface area contributed by atoms with Gasteiger partial charge in [0.15, 0.2) is 0 Å². The summed E-state index contributed by atoms with van der Waals surface area (Å²) in [6.45, 7) is 8.52. The molecule has 1 heterocycles. The lowest BCUT2D eigenvalue weighted by Gasteiger charge is -2.69. The molecule has 0 atom stereocenters. The van der Waals surface area contributed by atoms with Crippen LogP contribution in [0.3, 0.4) is 0 Å². The van der Waals surface area contributed by atoms with Crippen LogP contribution >= 0.6 is 0 Å². The van der Waals surface area contributed by atoms with E-state index in [2.05, 4.69) is 20.8 Å². The van der Waals surface area contributed by atoms with Crippen LogP contribution < -0.4 is 0 Å². The van der Waals surface area contributed by atoms with Crippen LogP contribution in [0.15, 0.2) is 0 Å². The van der Waals surface area contributed by atoms with Crippen LogP contribution in [-0.4, -0.2) is 131 Å². The maximum absolute atomic E-state index is 6.39. The Kier molecular flexibility index (Phi) is 14.2. The third-order valence-electron chi connectivity index (χ3n) is 6.99. The number of methoxy groups -OCH3 is 3. The zero-order valence-corrected chi connectivity index (χ0v) is 25.0. The van der Waals surface area contributed by atoms with Gasteiger partial charge in [0, 0.05) is 41.0 Å². The molecule has 1 fully saturated rings. The molecule has 0 bridgehead atoms. The predicted octanol–water partition coefficient (Wildman–Crippen LogP) is 2.56. The molecule has 1 saturated heterocycles. The Labute approximate surface area is 219 Å². The Hall–Kier alpha value is -0.480. The molecule has 1 rings (SSSR count). The summed E-state index contributed by atoms with van der Waals surface area (Å²) < 4.78 is 19.2. The van der Waals surface area contributed by atoms with Gasteiger partial charge in [0.2, 0.25) is 0 Å². The largest absolute Gasteiger partial charge is 0.334 e. The third kappa shape index (κ3) is 5.47. The Morgan fingerprint density at radius 1 is 0.472 bits per heavy atom. The summed E-state index contributed by atoms with van der Waals surface area (Å²) in [7, 11) is 15.6. The van der Waals surface area contributed by atoms with Crippen molar-refractivity contribution in [1.82, 2.24) is 29.9 Å². The zero-order valence-electron chi connectivity index (χ0n) is 25.0. The van der Waals surface area contributed by atoms with Gasteiger partial charge in [-0.15, -0.1) is 0 Å². The summed E-state index contributed by atoms with van der Waals surface area (Å²) in [5.74, 6) is -4.29. The maximum Gasteiger partial charge on any atom is 0.297 e. The van der Waals surface area contributed by atoms with Crippen LogP contribution in [0.2, 0.25) is 0 Å². The fourth-order valence-corrected chi connectivity index (χ4v) is 5.05. The minimum atomic E-state index is -1.43. The number of nitrogens with zero attached hydrogens (tertiary/aromatic N) is 6. The van der Waals surface area contributed by atoms with E-state index in [1.54, 1.807) is 57.8 Å². The number of unbranched alkanes of at least 4 members (excludes halogenated alkanes) is 3. The van der Waals surface area contributed by atoms with E-state index in [4.69, 9.17) is 28.7 Å². The minimum Gasteiger partial charge on any atom is -0.334 e. The molecule has 0 aromatic carbocycles. The first-order chi connectivity index (χ1) is 17.2. The van der Waals surface area contributed by atoms with E-state index in [1.807, 2.05) is 35.8 Å². The Balaban J connectivity index is 4.14. The highest BCUT2D eigenvalue weighted by Gasteiger charge is 2.77. The Morgan fingerprint density at radius 3 is 0.833 bits per heavy atom. The smallest absolute Gasteiger partial charge is 0.297 e. The van der Waals surface area contributed by atoms with Crippen molar-refractivity contribution < 1.29 is 28.7 Å². The summed E-state index contributed by atoms with van der Waals surface area (Å²) in [5.41, 5.74) is 0. The van der Waals surface area contributed by atoms with Crippen molar-refractivity contribution in [3.63, 3.8) is 0 Å². The average Bonchev–Trinajstić information content (AvgIpc) is 2.90. The van der Waals surface area contributed by atoms with E-state index in [0.29, 0.717) is 19.6 Å². The molecular formula is C24H54N6O6. The summed E-state index contributed by atoms with van der Waals surface area (Å²) in [4.78, 5) is 24.6. The molecule has 216 valence electrons. The monoisotopic (exact) mass is 522 g/mol. The van der Waals surface area contributed by atoms with Crippen molar-refractivity contribution in [2.24, 2.45) is 0 Å². The molecule has 0 amide bonds. The van der Waals surface area contributed by atoms with Gasteiger partial charge in [0.25, 0.3) is 17.9 Å². The number of ether oxygens (including phenoxy) is 3. The molecule has 0 N–H and O–H groups in total. The summed E-state index contributed by atoms with van der Waals surface area (Å²) in [6.07, 6.45) is 5.82. The molecule has 12 nitrogen and oxygen atoms in total. The van der Waals surface area contributed by atoms with Crippen LogP contribution in [0.1, 0.15) is 59.3 Å². The highest BCUT2D eigenvalue weighted by Crippen LogP contribution is 2.50. The molecule has 0 unspecified atom stereocenters. The van der Waals surface area contributed by atoms with Crippen LogP contribution in [0.25, 0.3) is 0 Å². The Bertz CT molecular complexity index is 525. The average molecular weight is 523 g/mol. The number of rotatable bonds is 18. The highest BCUT2D eigenvalue weighted by atomic mass is 16.9. The van der Waals surface area contributed by atoms with Crippen molar-refractivity contribution in [1.29, 1.82) is 0 Å². The lowest BCUT2D eigenvalue weighted by Crippen LogP contribution is -2.94.